The van der Waals surface area contributed by atoms with Gasteiger partial charge in [-0.15, -0.1) is 11.3 Å². The molecule has 2 aliphatic heterocycles. The molecule has 60 heavy (non-hydrogen) atoms. The summed E-state index contributed by atoms with van der Waals surface area (Å²) in [6.07, 6.45) is -17.3. The van der Waals surface area contributed by atoms with E-state index in [1.165, 1.54) is 16.3 Å². The predicted molar refractivity (Wildman–Crippen MR) is 193 cm³/mol. The Morgan fingerprint density at radius 3 is 2.35 bits per heavy atom. The van der Waals surface area contributed by atoms with Gasteiger partial charge in [-0.25, -0.2) is 19.0 Å². The molecule has 2 fully saturated rings. The molecule has 2 N–H and O–H groups in total. The second-order valence-corrected chi connectivity index (χ2v) is 15.9. The number of morpholine rings is 1. The number of nitrogens with one attached hydrogen (secondary N) is 2. The molecule has 1 amide bonds. The number of benzene rings is 2. The van der Waals surface area contributed by atoms with E-state index in [-0.39, 0.29) is 65.7 Å². The van der Waals surface area contributed by atoms with Crippen LogP contribution in [0.4, 0.5) is 43.9 Å². The Labute approximate surface area is 340 Å². The molecule has 326 valence electrons. The third-order valence-corrected chi connectivity index (χ3v) is 11.5. The van der Waals surface area contributed by atoms with Crippen LogP contribution in [-0.4, -0.2) is 108 Å². The molecule has 0 aliphatic carbocycles. The fourth-order valence-corrected chi connectivity index (χ4v) is 8.55. The number of alkyl halides is 9. The van der Waals surface area contributed by atoms with Crippen molar-refractivity contribution in [2.45, 2.75) is 62.5 Å². The van der Waals surface area contributed by atoms with Gasteiger partial charge in [0.25, 0.3) is 5.91 Å². The van der Waals surface area contributed by atoms with Crippen molar-refractivity contribution >= 4 is 50.7 Å². The smallest absolute Gasteiger partial charge is 0.449 e. The van der Waals surface area contributed by atoms with E-state index in [0.29, 0.717) is 42.8 Å². The first-order chi connectivity index (χ1) is 28.1. The van der Waals surface area contributed by atoms with E-state index < -0.39 is 83.0 Å². The first kappa shape index (κ1) is 44.9. The number of aromatic nitrogens is 2. The molecule has 1 atom stereocenters. The van der Waals surface area contributed by atoms with Crippen LogP contribution >= 0.6 is 22.7 Å². The summed E-state index contributed by atoms with van der Waals surface area (Å²) in [5.41, 5.74) is -0.860. The molecule has 2 aromatic heterocycles. The lowest BCUT2D eigenvalue weighted by atomic mass is 9.89. The van der Waals surface area contributed by atoms with E-state index in [0.717, 1.165) is 23.5 Å². The average Bonchev–Trinajstić information content (AvgIpc) is 3.80. The Kier molecular flexibility index (Phi) is 13.3. The zero-order valence-electron chi connectivity index (χ0n) is 30.8. The van der Waals surface area contributed by atoms with Crippen LogP contribution < -0.4 is 14.9 Å². The van der Waals surface area contributed by atoms with Crippen molar-refractivity contribution in [3.8, 4) is 5.75 Å². The van der Waals surface area contributed by atoms with E-state index in [9.17, 15) is 58.7 Å². The molecule has 0 bridgehead atoms. The van der Waals surface area contributed by atoms with Gasteiger partial charge in [0.05, 0.1) is 29.9 Å². The van der Waals surface area contributed by atoms with Gasteiger partial charge < -0.3 is 29.4 Å². The first-order valence-corrected chi connectivity index (χ1v) is 19.7. The minimum Gasteiger partial charge on any atom is -0.449 e. The van der Waals surface area contributed by atoms with Crippen LogP contribution in [0.3, 0.4) is 0 Å². The summed E-state index contributed by atoms with van der Waals surface area (Å²) in [6.45, 7) is 1.21. The monoisotopic (exact) mass is 901 g/mol. The molecule has 0 radical (unpaired) electrons. The largest absolute Gasteiger partial charge is 0.491 e. The van der Waals surface area contributed by atoms with E-state index in [1.54, 1.807) is 12.1 Å². The maximum Gasteiger partial charge on any atom is 0.491 e. The van der Waals surface area contributed by atoms with Crippen LogP contribution in [0.2, 0.25) is 0 Å². The molecule has 4 aromatic rings. The fourth-order valence-electron chi connectivity index (χ4n) is 6.85. The van der Waals surface area contributed by atoms with Gasteiger partial charge in [-0.3, -0.25) is 14.5 Å². The first-order valence-electron chi connectivity index (χ1n) is 18.0. The van der Waals surface area contributed by atoms with E-state index >= 15 is 4.39 Å². The maximum atomic E-state index is 15.8. The van der Waals surface area contributed by atoms with Crippen LogP contribution in [0.1, 0.15) is 51.1 Å². The number of carbonyl (C=O) groups is 3. The predicted octanol–water partition coefficient (Wildman–Crippen LogP) is 6.24. The van der Waals surface area contributed by atoms with Crippen molar-refractivity contribution in [3.05, 3.63) is 78.6 Å². The number of H-pyrrole nitrogens is 1. The normalized spacial score (nSPS) is 16.9. The number of hydrogen-bond acceptors (Lipinski definition) is 12. The van der Waals surface area contributed by atoms with Crippen LogP contribution in [0.5, 0.6) is 5.75 Å². The number of thiazole rings is 2. The Hall–Kier alpha value is -4.65. The van der Waals surface area contributed by atoms with Gasteiger partial charge in [0.2, 0.25) is 0 Å². The van der Waals surface area contributed by atoms with Crippen LogP contribution in [0, 0.1) is 5.82 Å². The number of carbonyl (C=O) groups excluding carboxylic acids is 3. The van der Waals surface area contributed by atoms with Gasteiger partial charge in [-0.2, -0.15) is 39.5 Å². The standard InChI is InChI=1S/C36H33F10N5O7S2/c37-26-19(6-9-47-15-24(58-31(54)36(44,45)46)21-4-5-23(57-30(53)35(41,42)43)27-28(21)60-32(55)49-27)2-1-3-20(26)16-50-10-7-33(8-11-50)18-51(12-13-56-33)29(52)22-17-59-25(48-22)14-34(38,39)40/h1-5,17,24,47H,6-16,18H2,(H,49,55)/t24-/m0/s1. The molecule has 4 heterocycles. The highest BCUT2D eigenvalue weighted by Crippen LogP contribution is 2.36. The molecule has 0 unspecified atom stereocenters. The number of halogens is 10. The van der Waals surface area contributed by atoms with Crippen LogP contribution in [0.25, 0.3) is 10.2 Å². The second kappa shape index (κ2) is 17.8. The summed E-state index contributed by atoms with van der Waals surface area (Å²) in [5.74, 6) is -7.00. The number of ether oxygens (including phenoxy) is 3. The Balaban J connectivity index is 1.06. The number of piperidine rings is 1. The highest BCUT2D eigenvalue weighted by atomic mass is 32.1. The molecule has 24 heteroatoms. The molecule has 6 rings (SSSR count). The van der Waals surface area contributed by atoms with Crippen LogP contribution in [0.15, 0.2) is 40.5 Å². The summed E-state index contributed by atoms with van der Waals surface area (Å²) in [7, 11) is 0. The van der Waals surface area contributed by atoms with Crippen molar-refractivity contribution in [1.82, 2.24) is 25.1 Å². The molecular weight excluding hydrogens is 869 g/mol. The summed E-state index contributed by atoms with van der Waals surface area (Å²) in [5, 5.41) is 3.89. The van der Waals surface area contributed by atoms with E-state index in [1.807, 2.05) is 4.90 Å². The SMILES string of the molecule is O=C(c1csc(CC(F)(F)F)n1)N1CCOC2(CCN(Cc3cccc(CCNC[C@H](OC(=O)C(F)(F)F)c4ccc(OC(=O)C(F)(F)F)c5[nH]c(=O)sc45)c3F)CC2)C1. The minimum absolute atomic E-state index is 0.0103. The number of fused-ring (bicyclic) bond motifs is 1. The summed E-state index contributed by atoms with van der Waals surface area (Å²) >= 11 is 1.13. The van der Waals surface area contributed by atoms with E-state index in [4.69, 9.17) is 9.47 Å². The van der Waals surface area contributed by atoms with E-state index in [2.05, 4.69) is 20.0 Å². The Bertz CT molecular complexity index is 2270. The van der Waals surface area contributed by atoms with Gasteiger partial charge in [0.15, 0.2) is 5.75 Å². The highest BCUT2D eigenvalue weighted by Gasteiger charge is 2.44. The summed E-state index contributed by atoms with van der Waals surface area (Å²) in [4.78, 5) is 57.3. The van der Waals surface area contributed by atoms with Gasteiger partial charge in [0, 0.05) is 49.2 Å². The lowest BCUT2D eigenvalue weighted by Gasteiger charge is -2.47. The number of likely N-dealkylation sites (tertiary alicyclic amines) is 1. The van der Waals surface area contributed by atoms with Crippen LogP contribution in [-0.2, 0) is 38.4 Å². The molecule has 2 aliphatic rings. The number of nitrogens with zero attached hydrogens (tertiary/aromatic N) is 3. The second-order valence-electron chi connectivity index (χ2n) is 13.9. The molecule has 2 saturated heterocycles. The number of aromatic amines is 1. The summed E-state index contributed by atoms with van der Waals surface area (Å²) in [6, 6.07) is 6.46. The Morgan fingerprint density at radius 1 is 0.967 bits per heavy atom. The van der Waals surface area contributed by atoms with Gasteiger partial charge in [-0.1, -0.05) is 29.5 Å². The summed E-state index contributed by atoms with van der Waals surface area (Å²) < 4.78 is 147. The van der Waals surface area contributed by atoms with Crippen molar-refractivity contribution in [3.63, 3.8) is 0 Å². The average molecular weight is 902 g/mol. The number of hydrogen-bond donors (Lipinski definition) is 2. The maximum absolute atomic E-state index is 15.8. The van der Waals surface area contributed by atoms with Crippen molar-refractivity contribution in [2.24, 2.45) is 0 Å². The zero-order valence-corrected chi connectivity index (χ0v) is 32.5. The fraction of sp³-hybridized carbons (Fsp3) is 0.472. The van der Waals surface area contributed by atoms with Gasteiger partial charge in [-0.05, 0) is 43.5 Å². The quantitative estimate of drug-likeness (QED) is 0.0726. The third kappa shape index (κ3) is 11.0. The third-order valence-electron chi connectivity index (χ3n) is 9.71. The number of esters is 2. The highest BCUT2D eigenvalue weighted by molar-refractivity contribution is 7.16. The molecule has 0 saturated carbocycles. The Morgan fingerprint density at radius 2 is 1.67 bits per heavy atom. The lowest BCUT2D eigenvalue weighted by Crippen LogP contribution is -2.58. The topological polar surface area (TPSA) is 143 Å². The lowest BCUT2D eigenvalue weighted by molar-refractivity contribution is -0.205. The van der Waals surface area contributed by atoms with Gasteiger partial charge >= 0.3 is 35.3 Å². The number of amides is 1. The minimum atomic E-state index is -5.44. The van der Waals surface area contributed by atoms with Crippen molar-refractivity contribution in [2.75, 3.05) is 45.9 Å². The number of rotatable bonds is 12. The van der Waals surface area contributed by atoms with Crippen molar-refractivity contribution in [1.29, 1.82) is 0 Å². The molecule has 1 spiro atoms. The molecule has 2 aromatic carbocycles. The molecule has 12 nitrogen and oxygen atoms in total. The zero-order chi connectivity index (χ0) is 43.6. The molecular formula is C36H33F10N5O7S2. The van der Waals surface area contributed by atoms with Crippen molar-refractivity contribution < 1.29 is 72.5 Å². The van der Waals surface area contributed by atoms with Gasteiger partial charge in [0.1, 0.15) is 28.1 Å².